The van der Waals surface area contributed by atoms with Crippen LogP contribution in [0.2, 0.25) is 0 Å². The molecule has 2 aromatic rings. The van der Waals surface area contributed by atoms with Crippen LogP contribution in [-0.4, -0.2) is 0 Å². The van der Waals surface area contributed by atoms with Crippen LogP contribution in [0.15, 0.2) is 40.9 Å². The predicted molar refractivity (Wildman–Crippen MR) is 72.9 cm³/mol. The third-order valence-electron chi connectivity index (χ3n) is 2.71. The van der Waals surface area contributed by atoms with Crippen molar-refractivity contribution in [3.63, 3.8) is 0 Å². The standard InChI is InChI=1S/C14H10BrClF2/c1-8-6-9(2-4-11(8)15)14(16)10-3-5-12(17)13(18)7-10/h2-7,14H,1H3. The van der Waals surface area contributed by atoms with Crippen molar-refractivity contribution in [2.24, 2.45) is 0 Å². The van der Waals surface area contributed by atoms with E-state index in [4.69, 9.17) is 11.6 Å². The summed E-state index contributed by atoms with van der Waals surface area (Å²) in [6.07, 6.45) is 0. The van der Waals surface area contributed by atoms with E-state index in [2.05, 4.69) is 15.9 Å². The van der Waals surface area contributed by atoms with Crippen molar-refractivity contribution < 1.29 is 8.78 Å². The molecule has 0 radical (unpaired) electrons. The first-order chi connectivity index (χ1) is 8.49. The van der Waals surface area contributed by atoms with Gasteiger partial charge in [-0.3, -0.25) is 0 Å². The molecular weight excluding hydrogens is 322 g/mol. The zero-order valence-electron chi connectivity index (χ0n) is 9.55. The van der Waals surface area contributed by atoms with Crippen LogP contribution in [0, 0.1) is 18.6 Å². The fraction of sp³-hybridized carbons (Fsp3) is 0.143. The van der Waals surface area contributed by atoms with E-state index in [9.17, 15) is 8.78 Å². The molecule has 0 bridgehead atoms. The van der Waals surface area contributed by atoms with Crippen LogP contribution in [-0.2, 0) is 0 Å². The number of rotatable bonds is 2. The van der Waals surface area contributed by atoms with Gasteiger partial charge >= 0.3 is 0 Å². The van der Waals surface area contributed by atoms with Crippen LogP contribution in [0.3, 0.4) is 0 Å². The highest BCUT2D eigenvalue weighted by molar-refractivity contribution is 9.10. The Morgan fingerprint density at radius 1 is 1.00 bits per heavy atom. The summed E-state index contributed by atoms with van der Waals surface area (Å²) in [7, 11) is 0. The molecule has 94 valence electrons. The maximum absolute atomic E-state index is 13.2. The number of hydrogen-bond donors (Lipinski definition) is 0. The van der Waals surface area contributed by atoms with Crippen molar-refractivity contribution in [1.82, 2.24) is 0 Å². The minimum absolute atomic E-state index is 0.494. The normalized spacial score (nSPS) is 12.5. The van der Waals surface area contributed by atoms with Crippen LogP contribution in [0.1, 0.15) is 22.1 Å². The van der Waals surface area contributed by atoms with Crippen LogP contribution in [0.4, 0.5) is 8.78 Å². The molecule has 0 aliphatic carbocycles. The number of benzene rings is 2. The molecule has 0 saturated carbocycles. The summed E-state index contributed by atoms with van der Waals surface area (Å²) in [5.74, 6) is -1.75. The second kappa shape index (κ2) is 5.37. The largest absolute Gasteiger partial charge is 0.204 e. The van der Waals surface area contributed by atoms with Crippen LogP contribution >= 0.6 is 27.5 Å². The smallest absolute Gasteiger partial charge is 0.159 e. The first kappa shape index (κ1) is 13.5. The topological polar surface area (TPSA) is 0 Å². The highest BCUT2D eigenvalue weighted by Crippen LogP contribution is 2.31. The number of hydrogen-bond acceptors (Lipinski definition) is 0. The molecule has 0 aliphatic heterocycles. The zero-order chi connectivity index (χ0) is 13.3. The molecule has 2 rings (SSSR count). The Kier molecular flexibility index (Phi) is 4.03. The van der Waals surface area contributed by atoms with Gasteiger partial charge in [-0.25, -0.2) is 8.78 Å². The van der Waals surface area contributed by atoms with Gasteiger partial charge in [0.05, 0.1) is 5.38 Å². The molecule has 0 saturated heterocycles. The molecular formula is C14H10BrClF2. The summed E-state index contributed by atoms with van der Waals surface area (Å²) < 4.78 is 27.0. The monoisotopic (exact) mass is 330 g/mol. The van der Waals surface area contributed by atoms with Gasteiger partial charge in [-0.05, 0) is 41.8 Å². The number of alkyl halides is 1. The Hall–Kier alpha value is -0.930. The summed E-state index contributed by atoms with van der Waals surface area (Å²) in [4.78, 5) is 0. The number of halogens is 4. The molecule has 1 unspecified atom stereocenters. The third-order valence-corrected chi connectivity index (χ3v) is 4.10. The quantitative estimate of drug-likeness (QED) is 0.650. The first-order valence-electron chi connectivity index (χ1n) is 5.34. The van der Waals surface area contributed by atoms with Crippen molar-refractivity contribution in [2.75, 3.05) is 0 Å². The van der Waals surface area contributed by atoms with E-state index in [1.165, 1.54) is 6.07 Å². The van der Waals surface area contributed by atoms with Crippen LogP contribution < -0.4 is 0 Å². The lowest BCUT2D eigenvalue weighted by Gasteiger charge is -2.12. The van der Waals surface area contributed by atoms with Gasteiger partial charge in [0.25, 0.3) is 0 Å². The summed E-state index contributed by atoms with van der Waals surface area (Å²) in [6, 6.07) is 9.38. The third kappa shape index (κ3) is 2.73. The Labute approximate surface area is 118 Å². The molecule has 1 atom stereocenters. The molecule has 0 aliphatic rings. The molecule has 0 N–H and O–H groups in total. The van der Waals surface area contributed by atoms with Crippen molar-refractivity contribution in [2.45, 2.75) is 12.3 Å². The van der Waals surface area contributed by atoms with Gasteiger partial charge in [0, 0.05) is 4.47 Å². The Morgan fingerprint density at radius 2 is 1.61 bits per heavy atom. The lowest BCUT2D eigenvalue weighted by atomic mass is 10.0. The van der Waals surface area contributed by atoms with E-state index in [-0.39, 0.29) is 0 Å². The summed E-state index contributed by atoms with van der Waals surface area (Å²) in [5.41, 5.74) is 2.43. The molecule has 0 nitrogen and oxygen atoms in total. The number of aryl methyl sites for hydroxylation is 1. The van der Waals surface area contributed by atoms with Gasteiger partial charge in [0.2, 0.25) is 0 Å². The maximum Gasteiger partial charge on any atom is 0.159 e. The lowest BCUT2D eigenvalue weighted by Crippen LogP contribution is -1.96. The highest BCUT2D eigenvalue weighted by Gasteiger charge is 2.14. The maximum atomic E-state index is 13.2. The minimum Gasteiger partial charge on any atom is -0.204 e. The first-order valence-corrected chi connectivity index (χ1v) is 6.57. The second-order valence-corrected chi connectivity index (χ2v) is 5.34. The van der Waals surface area contributed by atoms with E-state index in [0.717, 1.165) is 27.7 Å². The molecule has 0 fully saturated rings. The van der Waals surface area contributed by atoms with Gasteiger partial charge in [-0.2, -0.15) is 0 Å². The molecule has 2 aromatic carbocycles. The molecule has 0 spiro atoms. The van der Waals surface area contributed by atoms with Crippen LogP contribution in [0.5, 0.6) is 0 Å². The molecule has 0 aromatic heterocycles. The van der Waals surface area contributed by atoms with Gasteiger partial charge in [0.1, 0.15) is 0 Å². The Bertz CT molecular complexity index is 533. The van der Waals surface area contributed by atoms with Crippen LogP contribution in [0.25, 0.3) is 0 Å². The van der Waals surface area contributed by atoms with E-state index in [0.29, 0.717) is 5.56 Å². The molecule has 0 amide bonds. The highest BCUT2D eigenvalue weighted by atomic mass is 79.9. The summed E-state index contributed by atoms with van der Waals surface area (Å²) in [5, 5.41) is -0.494. The van der Waals surface area contributed by atoms with E-state index in [1.54, 1.807) is 0 Å². The Morgan fingerprint density at radius 3 is 2.22 bits per heavy atom. The average molecular weight is 332 g/mol. The SMILES string of the molecule is Cc1cc(C(Cl)c2ccc(F)c(F)c2)ccc1Br. The van der Waals surface area contributed by atoms with E-state index >= 15 is 0 Å². The zero-order valence-corrected chi connectivity index (χ0v) is 11.9. The van der Waals surface area contributed by atoms with Crippen molar-refractivity contribution in [3.05, 3.63) is 69.2 Å². The fourth-order valence-electron chi connectivity index (χ4n) is 1.69. The van der Waals surface area contributed by atoms with Gasteiger partial charge < -0.3 is 0 Å². The fourth-order valence-corrected chi connectivity index (χ4v) is 2.21. The van der Waals surface area contributed by atoms with Crippen molar-refractivity contribution >= 4 is 27.5 Å². The van der Waals surface area contributed by atoms with Gasteiger partial charge in [0.15, 0.2) is 11.6 Å². The van der Waals surface area contributed by atoms with E-state index < -0.39 is 17.0 Å². The molecule has 0 heterocycles. The van der Waals surface area contributed by atoms with Crippen molar-refractivity contribution in [3.8, 4) is 0 Å². The average Bonchev–Trinajstić information content (AvgIpc) is 2.35. The second-order valence-electron chi connectivity index (χ2n) is 4.04. The van der Waals surface area contributed by atoms with Gasteiger partial charge in [-0.1, -0.05) is 34.1 Å². The summed E-state index contributed by atoms with van der Waals surface area (Å²) >= 11 is 9.68. The lowest BCUT2D eigenvalue weighted by molar-refractivity contribution is 0.507. The Balaban J connectivity index is 2.37. The minimum atomic E-state index is -0.882. The van der Waals surface area contributed by atoms with E-state index in [1.807, 2.05) is 25.1 Å². The molecule has 4 heteroatoms. The molecule has 18 heavy (non-hydrogen) atoms. The summed E-state index contributed by atoms with van der Waals surface area (Å²) in [6.45, 7) is 1.95. The van der Waals surface area contributed by atoms with Gasteiger partial charge in [-0.15, -0.1) is 11.6 Å². The van der Waals surface area contributed by atoms with Crippen molar-refractivity contribution in [1.29, 1.82) is 0 Å². The predicted octanol–water partition coefficient (Wildman–Crippen LogP) is 5.36.